The van der Waals surface area contributed by atoms with E-state index in [-0.39, 0.29) is 24.5 Å². The molecule has 1 aromatic rings. The smallest absolute Gasteiger partial charge is 0.336 e. The summed E-state index contributed by atoms with van der Waals surface area (Å²) >= 11 is 0. The Kier molecular flexibility index (Phi) is 4.35. The van der Waals surface area contributed by atoms with Gasteiger partial charge in [0, 0.05) is 18.0 Å². The van der Waals surface area contributed by atoms with Crippen molar-refractivity contribution in [3.05, 3.63) is 46.7 Å². The topological polar surface area (TPSA) is 55.4 Å². The fraction of sp³-hybridized carbons (Fsp3) is 0.333. The first kappa shape index (κ1) is 15.2. The van der Waals surface area contributed by atoms with E-state index < -0.39 is 23.5 Å². The summed E-state index contributed by atoms with van der Waals surface area (Å²) in [4.78, 5) is 23.7. The number of carbonyl (C=O) groups excluding carboxylic acids is 2. The van der Waals surface area contributed by atoms with Crippen molar-refractivity contribution in [2.75, 3.05) is 6.61 Å². The van der Waals surface area contributed by atoms with Gasteiger partial charge >= 0.3 is 5.97 Å². The number of hydrogen-bond donors (Lipinski definition) is 1. The van der Waals surface area contributed by atoms with Crippen molar-refractivity contribution in [3.8, 4) is 0 Å². The van der Waals surface area contributed by atoms with Gasteiger partial charge in [-0.05, 0) is 31.5 Å². The van der Waals surface area contributed by atoms with Gasteiger partial charge in [-0.15, -0.1) is 0 Å². The van der Waals surface area contributed by atoms with Crippen molar-refractivity contribution < 1.29 is 23.1 Å². The van der Waals surface area contributed by atoms with E-state index in [1.807, 2.05) is 0 Å². The molecule has 4 nitrogen and oxygen atoms in total. The molecule has 1 atom stereocenters. The number of halogens is 2. The molecule has 6 heteroatoms. The maximum Gasteiger partial charge on any atom is 0.336 e. The van der Waals surface area contributed by atoms with E-state index in [0.717, 1.165) is 12.1 Å². The van der Waals surface area contributed by atoms with Crippen LogP contribution in [0.5, 0.6) is 0 Å². The SMILES string of the molecule is CCOC(=O)C1=C(C)NC(=O)CC1c1ccc(F)c(F)c1. The van der Waals surface area contributed by atoms with Crippen LogP contribution in [0.15, 0.2) is 29.5 Å². The Balaban J connectivity index is 2.46. The third-order valence-electron chi connectivity index (χ3n) is 3.31. The fourth-order valence-corrected chi connectivity index (χ4v) is 2.39. The van der Waals surface area contributed by atoms with E-state index in [1.165, 1.54) is 6.07 Å². The molecule has 0 radical (unpaired) electrons. The van der Waals surface area contributed by atoms with Crippen LogP contribution >= 0.6 is 0 Å². The summed E-state index contributed by atoms with van der Waals surface area (Å²) in [5, 5.41) is 2.57. The molecule has 0 aliphatic carbocycles. The molecule has 1 aromatic carbocycles. The van der Waals surface area contributed by atoms with Gasteiger partial charge in [0.25, 0.3) is 0 Å². The molecule has 21 heavy (non-hydrogen) atoms. The van der Waals surface area contributed by atoms with Gasteiger partial charge in [0.1, 0.15) is 0 Å². The molecule has 1 amide bonds. The average Bonchev–Trinajstić information content (AvgIpc) is 2.41. The summed E-state index contributed by atoms with van der Waals surface area (Å²) in [6, 6.07) is 3.36. The van der Waals surface area contributed by atoms with E-state index in [0.29, 0.717) is 11.3 Å². The lowest BCUT2D eigenvalue weighted by atomic mass is 9.84. The second-order valence-corrected chi connectivity index (χ2v) is 4.74. The highest BCUT2D eigenvalue weighted by Gasteiger charge is 2.32. The molecular weight excluding hydrogens is 280 g/mol. The molecule has 1 unspecified atom stereocenters. The first-order valence-electron chi connectivity index (χ1n) is 6.56. The van der Waals surface area contributed by atoms with Crippen LogP contribution in [0, 0.1) is 11.6 Å². The lowest BCUT2D eigenvalue weighted by Gasteiger charge is -2.26. The minimum absolute atomic E-state index is 0.0173. The molecule has 1 aliphatic heterocycles. The molecule has 0 bridgehead atoms. The Morgan fingerprint density at radius 2 is 2.10 bits per heavy atom. The van der Waals surface area contributed by atoms with Crippen LogP contribution in [-0.4, -0.2) is 18.5 Å². The first-order chi connectivity index (χ1) is 9.93. The molecule has 0 spiro atoms. The minimum atomic E-state index is -1.01. The number of rotatable bonds is 3. The highest BCUT2D eigenvalue weighted by atomic mass is 19.2. The summed E-state index contributed by atoms with van der Waals surface area (Å²) in [6.45, 7) is 3.44. The van der Waals surface area contributed by atoms with E-state index in [4.69, 9.17) is 4.74 Å². The molecule has 1 aliphatic rings. The monoisotopic (exact) mass is 295 g/mol. The van der Waals surface area contributed by atoms with E-state index >= 15 is 0 Å². The summed E-state index contributed by atoms with van der Waals surface area (Å²) < 4.78 is 31.4. The van der Waals surface area contributed by atoms with E-state index in [2.05, 4.69) is 5.32 Å². The number of hydrogen-bond acceptors (Lipinski definition) is 3. The summed E-state index contributed by atoms with van der Waals surface area (Å²) in [5.74, 6) is -3.48. The van der Waals surface area contributed by atoms with Crippen LogP contribution < -0.4 is 5.32 Å². The van der Waals surface area contributed by atoms with Crippen LogP contribution in [0.4, 0.5) is 8.78 Å². The van der Waals surface area contributed by atoms with Gasteiger partial charge in [-0.25, -0.2) is 13.6 Å². The predicted molar refractivity (Wildman–Crippen MR) is 71.2 cm³/mol. The maximum atomic E-state index is 13.4. The van der Waals surface area contributed by atoms with Gasteiger partial charge in [0.15, 0.2) is 11.6 Å². The van der Waals surface area contributed by atoms with Crippen LogP contribution in [0.3, 0.4) is 0 Å². The Hall–Kier alpha value is -2.24. The molecule has 1 heterocycles. The second-order valence-electron chi connectivity index (χ2n) is 4.74. The van der Waals surface area contributed by atoms with Gasteiger partial charge in [0.2, 0.25) is 5.91 Å². The predicted octanol–water partition coefficient (Wildman–Crippen LogP) is 2.41. The molecule has 0 saturated carbocycles. The minimum Gasteiger partial charge on any atom is -0.463 e. The van der Waals surface area contributed by atoms with Gasteiger partial charge in [-0.2, -0.15) is 0 Å². The second kappa shape index (κ2) is 6.03. The average molecular weight is 295 g/mol. The Bertz CT molecular complexity index is 625. The molecule has 0 fully saturated rings. The van der Waals surface area contributed by atoms with Gasteiger partial charge in [-0.1, -0.05) is 6.07 Å². The van der Waals surface area contributed by atoms with E-state index in [1.54, 1.807) is 13.8 Å². The van der Waals surface area contributed by atoms with Gasteiger partial charge in [0.05, 0.1) is 12.2 Å². The third-order valence-corrected chi connectivity index (χ3v) is 3.31. The molecule has 2 rings (SSSR count). The standard InChI is InChI=1S/C15H15F2NO3/c1-3-21-15(20)14-8(2)18-13(19)7-10(14)9-4-5-11(16)12(17)6-9/h4-6,10H,3,7H2,1-2H3,(H,18,19). The quantitative estimate of drug-likeness (QED) is 0.871. The van der Waals surface area contributed by atoms with Crippen molar-refractivity contribution >= 4 is 11.9 Å². The zero-order chi connectivity index (χ0) is 15.6. The van der Waals surface area contributed by atoms with Crippen LogP contribution in [0.1, 0.15) is 31.7 Å². The number of amides is 1. The Morgan fingerprint density at radius 3 is 2.71 bits per heavy atom. The Labute approximate surface area is 120 Å². The Morgan fingerprint density at radius 1 is 1.38 bits per heavy atom. The summed E-state index contributed by atoms with van der Waals surface area (Å²) in [5.41, 5.74) is 1.01. The normalized spacial score (nSPS) is 18.5. The lowest BCUT2D eigenvalue weighted by Crippen LogP contribution is -2.34. The van der Waals surface area contributed by atoms with Crippen molar-refractivity contribution in [1.82, 2.24) is 5.32 Å². The lowest BCUT2D eigenvalue weighted by molar-refractivity contribution is -0.139. The largest absolute Gasteiger partial charge is 0.463 e. The van der Waals surface area contributed by atoms with E-state index in [9.17, 15) is 18.4 Å². The molecule has 0 aromatic heterocycles. The number of allylic oxidation sites excluding steroid dienone is 1. The number of nitrogens with one attached hydrogen (secondary N) is 1. The number of carbonyl (C=O) groups is 2. The zero-order valence-electron chi connectivity index (χ0n) is 11.7. The number of esters is 1. The fourth-order valence-electron chi connectivity index (χ4n) is 2.39. The zero-order valence-corrected chi connectivity index (χ0v) is 11.7. The van der Waals surface area contributed by atoms with Crippen molar-refractivity contribution in [3.63, 3.8) is 0 Å². The first-order valence-corrected chi connectivity index (χ1v) is 6.56. The van der Waals surface area contributed by atoms with Crippen LogP contribution in [0.2, 0.25) is 0 Å². The number of ether oxygens (including phenoxy) is 1. The van der Waals surface area contributed by atoms with Crippen LogP contribution in [0.25, 0.3) is 0 Å². The summed E-state index contributed by atoms with van der Waals surface area (Å²) in [7, 11) is 0. The van der Waals surface area contributed by atoms with Crippen molar-refractivity contribution in [1.29, 1.82) is 0 Å². The van der Waals surface area contributed by atoms with Crippen molar-refractivity contribution in [2.24, 2.45) is 0 Å². The highest BCUT2D eigenvalue weighted by Crippen LogP contribution is 2.34. The maximum absolute atomic E-state index is 13.4. The summed E-state index contributed by atoms with van der Waals surface area (Å²) in [6.07, 6.45) is -0.0173. The van der Waals surface area contributed by atoms with Gasteiger partial charge in [-0.3, -0.25) is 4.79 Å². The third kappa shape index (κ3) is 3.09. The molecule has 112 valence electrons. The number of benzene rings is 1. The van der Waals surface area contributed by atoms with Gasteiger partial charge < -0.3 is 10.1 Å². The van der Waals surface area contributed by atoms with Crippen LogP contribution in [-0.2, 0) is 14.3 Å². The molecular formula is C15H15F2NO3. The molecule has 0 saturated heterocycles. The molecule has 1 N–H and O–H groups in total. The highest BCUT2D eigenvalue weighted by molar-refractivity contribution is 5.95. The van der Waals surface area contributed by atoms with Crippen molar-refractivity contribution in [2.45, 2.75) is 26.2 Å².